The highest BCUT2D eigenvalue weighted by molar-refractivity contribution is 5.28. The Balaban J connectivity index is 2.09. The molecule has 2 aromatic rings. The average molecular weight is 243 g/mol. The van der Waals surface area contributed by atoms with Gasteiger partial charge in [-0.05, 0) is 32.8 Å². The summed E-state index contributed by atoms with van der Waals surface area (Å²) in [6.45, 7) is 6.47. The smallest absolute Gasteiger partial charge is 0.203 e. The average Bonchev–Trinajstić information content (AvgIpc) is 2.77. The summed E-state index contributed by atoms with van der Waals surface area (Å²) in [4.78, 5) is 4.37. The van der Waals surface area contributed by atoms with Crippen LogP contribution < -0.4 is 5.32 Å². The first-order valence-electron chi connectivity index (χ1n) is 6.50. The number of aromatic nitrogens is 2. The maximum Gasteiger partial charge on any atom is 0.203 e. The van der Waals surface area contributed by atoms with Crippen molar-refractivity contribution in [3.8, 4) is 0 Å². The van der Waals surface area contributed by atoms with Gasteiger partial charge in [0, 0.05) is 24.5 Å². The van der Waals surface area contributed by atoms with Gasteiger partial charge in [-0.15, -0.1) is 0 Å². The fourth-order valence-corrected chi connectivity index (χ4v) is 2.09. The molecule has 1 atom stereocenters. The Labute approximate surface area is 109 Å². The Kier molecular flexibility index (Phi) is 4.03. The van der Waals surface area contributed by atoms with Crippen LogP contribution in [0.1, 0.15) is 32.4 Å². The minimum atomic E-state index is 0.398. The van der Waals surface area contributed by atoms with Gasteiger partial charge in [-0.1, -0.05) is 30.3 Å². The Morgan fingerprint density at radius 3 is 2.56 bits per heavy atom. The molecule has 0 bridgehead atoms. The molecular weight excluding hydrogens is 222 g/mol. The summed E-state index contributed by atoms with van der Waals surface area (Å²) in [5.74, 6) is 0.952. The van der Waals surface area contributed by atoms with Crippen molar-refractivity contribution >= 4 is 5.95 Å². The Morgan fingerprint density at radius 1 is 1.17 bits per heavy atom. The summed E-state index contributed by atoms with van der Waals surface area (Å²) >= 11 is 0. The van der Waals surface area contributed by atoms with Gasteiger partial charge in [-0.25, -0.2) is 4.98 Å². The molecule has 0 aliphatic heterocycles. The predicted octanol–water partition coefficient (Wildman–Crippen LogP) is 3.51. The summed E-state index contributed by atoms with van der Waals surface area (Å²) in [6, 6.07) is 11.4. The lowest BCUT2D eigenvalue weighted by molar-refractivity contribution is 0.547. The van der Waals surface area contributed by atoms with Crippen LogP contribution in [0.3, 0.4) is 0 Å². The van der Waals surface area contributed by atoms with Crippen molar-refractivity contribution in [2.45, 2.75) is 39.3 Å². The van der Waals surface area contributed by atoms with E-state index in [1.807, 2.05) is 12.4 Å². The minimum Gasteiger partial charge on any atom is -0.353 e. The molecule has 1 heterocycles. The molecule has 1 N–H and O–H groups in total. The lowest BCUT2D eigenvalue weighted by Gasteiger charge is -2.18. The molecule has 0 aliphatic carbocycles. The molecule has 3 heteroatoms. The normalized spacial score (nSPS) is 12.7. The fraction of sp³-hybridized carbons (Fsp3) is 0.400. The molecule has 96 valence electrons. The van der Waals surface area contributed by atoms with Crippen molar-refractivity contribution in [1.29, 1.82) is 0 Å². The highest BCUT2D eigenvalue weighted by Crippen LogP contribution is 2.18. The van der Waals surface area contributed by atoms with Crippen LogP contribution in [0.15, 0.2) is 42.7 Å². The zero-order valence-corrected chi connectivity index (χ0v) is 11.3. The van der Waals surface area contributed by atoms with Crippen LogP contribution in [0.4, 0.5) is 5.95 Å². The number of nitrogens with zero attached hydrogens (tertiary/aromatic N) is 2. The third-order valence-corrected chi connectivity index (χ3v) is 2.94. The summed E-state index contributed by atoms with van der Waals surface area (Å²) < 4.78 is 2.20. The van der Waals surface area contributed by atoms with Crippen LogP contribution in [0.5, 0.6) is 0 Å². The highest BCUT2D eigenvalue weighted by Gasteiger charge is 2.11. The van der Waals surface area contributed by atoms with Gasteiger partial charge >= 0.3 is 0 Å². The van der Waals surface area contributed by atoms with Crippen LogP contribution in [0.25, 0.3) is 0 Å². The van der Waals surface area contributed by atoms with E-state index in [1.54, 1.807) is 0 Å². The second-order valence-corrected chi connectivity index (χ2v) is 5.00. The molecule has 0 saturated heterocycles. The monoisotopic (exact) mass is 243 g/mol. The standard InChI is InChI=1S/C15H21N3/c1-12(2)17-15-16-9-10-18(15)13(3)11-14-7-5-4-6-8-14/h4-10,12-13H,11H2,1-3H3,(H,16,17). The number of hydrogen-bond acceptors (Lipinski definition) is 2. The SMILES string of the molecule is CC(C)Nc1nccn1C(C)Cc1ccccc1. The molecule has 0 radical (unpaired) electrons. The zero-order valence-electron chi connectivity index (χ0n) is 11.3. The molecular formula is C15H21N3. The molecule has 1 aromatic carbocycles. The van der Waals surface area contributed by atoms with Crippen LogP contribution >= 0.6 is 0 Å². The third-order valence-electron chi connectivity index (χ3n) is 2.94. The van der Waals surface area contributed by atoms with Crippen molar-refractivity contribution < 1.29 is 0 Å². The first-order valence-corrected chi connectivity index (χ1v) is 6.50. The van der Waals surface area contributed by atoms with Gasteiger partial charge < -0.3 is 9.88 Å². The van der Waals surface area contributed by atoms with E-state index in [0.29, 0.717) is 12.1 Å². The summed E-state index contributed by atoms with van der Waals surface area (Å²) in [5.41, 5.74) is 1.36. The van der Waals surface area contributed by atoms with Crippen LogP contribution in [0, 0.1) is 0 Å². The first kappa shape index (κ1) is 12.7. The molecule has 0 amide bonds. The lowest BCUT2D eigenvalue weighted by atomic mass is 10.1. The van der Waals surface area contributed by atoms with E-state index in [1.165, 1.54) is 5.56 Å². The molecule has 0 spiro atoms. The van der Waals surface area contributed by atoms with Gasteiger partial charge in [0.2, 0.25) is 5.95 Å². The second-order valence-electron chi connectivity index (χ2n) is 5.00. The largest absolute Gasteiger partial charge is 0.353 e. The highest BCUT2D eigenvalue weighted by atomic mass is 15.2. The van der Waals surface area contributed by atoms with E-state index in [4.69, 9.17) is 0 Å². The fourth-order valence-electron chi connectivity index (χ4n) is 2.09. The number of benzene rings is 1. The van der Waals surface area contributed by atoms with Gasteiger partial charge in [0.15, 0.2) is 0 Å². The van der Waals surface area contributed by atoms with E-state index in [9.17, 15) is 0 Å². The van der Waals surface area contributed by atoms with E-state index in [0.717, 1.165) is 12.4 Å². The van der Waals surface area contributed by atoms with Crippen molar-refractivity contribution in [2.75, 3.05) is 5.32 Å². The number of hydrogen-bond donors (Lipinski definition) is 1. The van der Waals surface area contributed by atoms with Gasteiger partial charge in [-0.2, -0.15) is 0 Å². The third kappa shape index (κ3) is 3.13. The van der Waals surface area contributed by atoms with E-state index in [-0.39, 0.29) is 0 Å². The number of anilines is 1. The van der Waals surface area contributed by atoms with Crippen molar-refractivity contribution in [3.05, 3.63) is 48.3 Å². The summed E-state index contributed by atoms with van der Waals surface area (Å²) in [6.07, 6.45) is 4.91. The van der Waals surface area contributed by atoms with E-state index in [2.05, 4.69) is 66.0 Å². The predicted molar refractivity (Wildman–Crippen MR) is 75.8 cm³/mol. The Hall–Kier alpha value is -1.77. The maximum absolute atomic E-state index is 4.37. The molecule has 1 aromatic heterocycles. The number of nitrogens with one attached hydrogen (secondary N) is 1. The molecule has 0 aliphatic rings. The first-order chi connectivity index (χ1) is 8.66. The minimum absolute atomic E-state index is 0.398. The maximum atomic E-state index is 4.37. The number of rotatable bonds is 5. The summed E-state index contributed by atoms with van der Waals surface area (Å²) in [5, 5.41) is 3.37. The van der Waals surface area contributed by atoms with Crippen LogP contribution in [-0.4, -0.2) is 15.6 Å². The quantitative estimate of drug-likeness (QED) is 0.871. The van der Waals surface area contributed by atoms with Gasteiger partial charge in [0.05, 0.1) is 0 Å². The van der Waals surface area contributed by atoms with E-state index < -0.39 is 0 Å². The Morgan fingerprint density at radius 2 is 1.89 bits per heavy atom. The Bertz CT molecular complexity index is 473. The molecule has 18 heavy (non-hydrogen) atoms. The summed E-state index contributed by atoms with van der Waals surface area (Å²) in [7, 11) is 0. The number of imidazole rings is 1. The van der Waals surface area contributed by atoms with Gasteiger partial charge in [0.25, 0.3) is 0 Å². The van der Waals surface area contributed by atoms with Crippen LogP contribution in [-0.2, 0) is 6.42 Å². The molecule has 2 rings (SSSR count). The van der Waals surface area contributed by atoms with Crippen molar-refractivity contribution in [3.63, 3.8) is 0 Å². The van der Waals surface area contributed by atoms with E-state index >= 15 is 0 Å². The zero-order chi connectivity index (χ0) is 13.0. The second kappa shape index (κ2) is 5.71. The van der Waals surface area contributed by atoms with Gasteiger partial charge in [-0.3, -0.25) is 0 Å². The molecule has 0 fully saturated rings. The van der Waals surface area contributed by atoms with Crippen LogP contribution in [0.2, 0.25) is 0 Å². The molecule has 3 nitrogen and oxygen atoms in total. The van der Waals surface area contributed by atoms with Crippen molar-refractivity contribution in [1.82, 2.24) is 9.55 Å². The molecule has 0 saturated carbocycles. The lowest BCUT2D eigenvalue weighted by Crippen LogP contribution is -2.17. The van der Waals surface area contributed by atoms with Gasteiger partial charge in [0.1, 0.15) is 0 Å². The topological polar surface area (TPSA) is 29.9 Å². The van der Waals surface area contributed by atoms with Crippen molar-refractivity contribution in [2.24, 2.45) is 0 Å². The molecule has 1 unspecified atom stereocenters.